The normalized spacial score (nSPS) is 23.1. The van der Waals surface area contributed by atoms with Crippen molar-refractivity contribution in [3.8, 4) is 11.5 Å². The summed E-state index contributed by atoms with van der Waals surface area (Å²) in [5.74, 6) is -2.34. The number of anilines is 1. The van der Waals surface area contributed by atoms with Crippen LogP contribution in [0.1, 0.15) is 31.2 Å². The van der Waals surface area contributed by atoms with Gasteiger partial charge in [0.05, 0.1) is 19.2 Å². The Morgan fingerprint density at radius 3 is 2.49 bits per heavy atom. The van der Waals surface area contributed by atoms with Gasteiger partial charge in [0.2, 0.25) is 0 Å². The van der Waals surface area contributed by atoms with Crippen LogP contribution in [0.5, 0.6) is 11.5 Å². The molecule has 8 nitrogen and oxygen atoms in total. The van der Waals surface area contributed by atoms with Gasteiger partial charge in [-0.2, -0.15) is 13.2 Å². The maximum atomic E-state index is 13.9. The number of amides is 2. The van der Waals surface area contributed by atoms with Crippen LogP contribution >= 0.6 is 11.6 Å². The summed E-state index contributed by atoms with van der Waals surface area (Å²) in [6.45, 7) is 0.800. The Morgan fingerprint density at radius 1 is 1.10 bits per heavy atom. The van der Waals surface area contributed by atoms with Crippen molar-refractivity contribution in [3.63, 3.8) is 0 Å². The zero-order valence-corrected chi connectivity index (χ0v) is 22.2. The fraction of sp³-hybridized carbons (Fsp3) is 0.462. The van der Waals surface area contributed by atoms with E-state index in [0.717, 1.165) is 30.7 Å². The minimum atomic E-state index is -5.39. The number of hydroxylamine groups is 1. The Balaban J connectivity index is 1.57. The first-order valence-corrected chi connectivity index (χ1v) is 12.5. The van der Waals surface area contributed by atoms with E-state index in [-0.39, 0.29) is 21.5 Å². The monoisotopic (exact) mass is 573 g/mol. The fourth-order valence-electron chi connectivity index (χ4n) is 5.60. The summed E-state index contributed by atoms with van der Waals surface area (Å²) in [4.78, 5) is 31.3. The molecule has 1 aliphatic carbocycles. The summed E-state index contributed by atoms with van der Waals surface area (Å²) in [5.41, 5.74) is 0.274. The van der Waals surface area contributed by atoms with E-state index in [0.29, 0.717) is 36.8 Å². The highest BCUT2D eigenvalue weighted by molar-refractivity contribution is 6.33. The van der Waals surface area contributed by atoms with Gasteiger partial charge in [-0.25, -0.2) is 14.0 Å². The van der Waals surface area contributed by atoms with Crippen molar-refractivity contribution in [2.45, 2.75) is 49.4 Å². The van der Waals surface area contributed by atoms with Crippen molar-refractivity contribution in [2.75, 3.05) is 32.9 Å². The van der Waals surface area contributed by atoms with Crippen molar-refractivity contribution in [3.05, 3.63) is 52.8 Å². The number of nitrogens with one attached hydrogen (secondary N) is 1. The molecule has 1 saturated carbocycles. The molecule has 212 valence electrons. The Labute approximate surface area is 227 Å². The summed E-state index contributed by atoms with van der Waals surface area (Å²) >= 11 is 6.01. The number of ether oxygens (including phenoxy) is 2. The molecule has 2 aliphatic rings. The lowest BCUT2D eigenvalue weighted by atomic mass is 9.65. The average molecular weight is 574 g/mol. The molecule has 1 N–H and O–H groups in total. The third-order valence-electron chi connectivity index (χ3n) is 7.53. The lowest BCUT2D eigenvalue weighted by Gasteiger charge is -2.45. The molecule has 0 aromatic heterocycles. The summed E-state index contributed by atoms with van der Waals surface area (Å²) in [6.07, 6.45) is -2.92. The number of carbonyl (C=O) groups is 2. The van der Waals surface area contributed by atoms with Crippen LogP contribution in [0.25, 0.3) is 0 Å². The van der Waals surface area contributed by atoms with Crippen molar-refractivity contribution < 1.29 is 41.5 Å². The van der Waals surface area contributed by atoms with E-state index in [2.05, 4.69) is 15.1 Å². The number of fused-ring (bicyclic) bond motifs is 1. The molecule has 2 amide bonds. The van der Waals surface area contributed by atoms with Crippen LogP contribution in [0.15, 0.2) is 36.4 Å². The molecule has 4 rings (SSSR count). The van der Waals surface area contributed by atoms with Gasteiger partial charge >= 0.3 is 18.2 Å². The van der Waals surface area contributed by atoms with Crippen molar-refractivity contribution >= 4 is 29.3 Å². The van der Waals surface area contributed by atoms with Gasteiger partial charge in [0.1, 0.15) is 11.5 Å². The minimum Gasteiger partial charge on any atom is -0.493 e. The standard InChI is InChI=1S/C26H28ClF4N3O5/c1-33-11-10-25(15-4-7-20(37-2)21(12-15)38-3)9-8-17(14-22(25)33)32-24(36)34(39-23(35)26(29,30)31)19-13-16(28)5-6-18(19)27/h4-7,12-13,17,22H,8-11,14H2,1-3H3,(H,32,36)/t17-,22+,25+/m1/s1. The average Bonchev–Trinajstić information content (AvgIpc) is 3.24. The molecule has 1 saturated heterocycles. The number of carbonyl (C=O) groups excluding carboxylic acids is 2. The SMILES string of the molecule is COc1ccc([C@@]23CC[C@@H](NC(=O)N(OC(=O)C(F)(F)F)c4cc(F)ccc4Cl)C[C@@H]2N(C)CC3)cc1OC. The van der Waals surface area contributed by atoms with Crippen LogP contribution in [0.4, 0.5) is 28.0 Å². The van der Waals surface area contributed by atoms with Crippen molar-refractivity contribution in [1.29, 1.82) is 0 Å². The molecule has 2 aromatic carbocycles. The van der Waals surface area contributed by atoms with Gasteiger partial charge in [0.25, 0.3) is 0 Å². The number of urea groups is 1. The van der Waals surface area contributed by atoms with Crippen LogP contribution < -0.4 is 19.9 Å². The first-order chi connectivity index (χ1) is 18.4. The first-order valence-electron chi connectivity index (χ1n) is 12.2. The molecule has 0 radical (unpaired) electrons. The number of benzene rings is 2. The Bertz CT molecular complexity index is 1250. The van der Waals surface area contributed by atoms with Gasteiger partial charge in [-0.05, 0) is 69.1 Å². The van der Waals surface area contributed by atoms with E-state index in [1.54, 1.807) is 14.2 Å². The van der Waals surface area contributed by atoms with Crippen molar-refractivity contribution in [1.82, 2.24) is 10.2 Å². The summed E-state index contributed by atoms with van der Waals surface area (Å²) < 4.78 is 63.6. The maximum Gasteiger partial charge on any atom is 0.493 e. The highest BCUT2D eigenvalue weighted by atomic mass is 35.5. The van der Waals surface area contributed by atoms with E-state index < -0.39 is 35.7 Å². The molecule has 0 bridgehead atoms. The number of rotatable bonds is 5. The minimum absolute atomic E-state index is 0.0152. The molecule has 0 unspecified atom stereocenters. The topological polar surface area (TPSA) is 80.3 Å². The fourth-order valence-corrected chi connectivity index (χ4v) is 5.80. The highest BCUT2D eigenvalue weighted by Gasteiger charge is 2.51. The summed E-state index contributed by atoms with van der Waals surface area (Å²) in [6, 6.07) is 6.84. The zero-order chi connectivity index (χ0) is 28.5. The second-order valence-corrected chi connectivity index (χ2v) is 10.1. The second-order valence-electron chi connectivity index (χ2n) is 9.66. The van der Waals surface area contributed by atoms with E-state index in [1.807, 2.05) is 25.2 Å². The van der Waals surface area contributed by atoms with E-state index in [9.17, 15) is 27.2 Å². The molecule has 0 spiro atoms. The molecule has 1 heterocycles. The lowest BCUT2D eigenvalue weighted by molar-refractivity contribution is -0.199. The highest BCUT2D eigenvalue weighted by Crippen LogP contribution is 2.50. The molecule has 3 atom stereocenters. The smallest absolute Gasteiger partial charge is 0.493 e. The number of likely N-dealkylation sites (tertiary alicyclic amines) is 1. The Kier molecular flexibility index (Phi) is 8.17. The lowest BCUT2D eigenvalue weighted by Crippen LogP contribution is -2.54. The predicted octanol–water partition coefficient (Wildman–Crippen LogP) is 5.23. The number of nitrogens with zero attached hydrogens (tertiary/aromatic N) is 2. The van der Waals surface area contributed by atoms with Crippen LogP contribution in [0, 0.1) is 5.82 Å². The number of methoxy groups -OCH3 is 2. The largest absolute Gasteiger partial charge is 0.493 e. The molecular weight excluding hydrogens is 546 g/mol. The van der Waals surface area contributed by atoms with Crippen LogP contribution in [0.2, 0.25) is 5.02 Å². The van der Waals surface area contributed by atoms with Gasteiger partial charge < -0.3 is 24.5 Å². The van der Waals surface area contributed by atoms with Gasteiger partial charge in [-0.1, -0.05) is 17.7 Å². The third-order valence-corrected chi connectivity index (χ3v) is 7.85. The first kappa shape index (κ1) is 28.8. The van der Waals surface area contributed by atoms with Gasteiger partial charge in [-0.15, -0.1) is 5.06 Å². The van der Waals surface area contributed by atoms with E-state index >= 15 is 0 Å². The summed E-state index contributed by atoms with van der Waals surface area (Å²) in [7, 11) is 5.09. The molecule has 1 aliphatic heterocycles. The Morgan fingerprint density at radius 2 is 1.82 bits per heavy atom. The van der Waals surface area contributed by atoms with Gasteiger partial charge in [0, 0.05) is 23.6 Å². The van der Waals surface area contributed by atoms with Crippen LogP contribution in [-0.2, 0) is 15.0 Å². The molecular formula is C26H28ClF4N3O5. The predicted molar refractivity (Wildman–Crippen MR) is 134 cm³/mol. The second kappa shape index (κ2) is 11.1. The molecule has 39 heavy (non-hydrogen) atoms. The maximum absolute atomic E-state index is 13.9. The van der Waals surface area contributed by atoms with E-state index in [1.165, 1.54) is 0 Å². The third kappa shape index (κ3) is 5.72. The Hall–Kier alpha value is -3.25. The molecule has 13 heteroatoms. The zero-order valence-electron chi connectivity index (χ0n) is 21.5. The number of likely N-dealkylation sites (N-methyl/N-ethyl adjacent to an activating group) is 1. The molecule has 2 fully saturated rings. The van der Waals surface area contributed by atoms with Crippen LogP contribution in [-0.4, -0.2) is 63.0 Å². The quantitative estimate of drug-likeness (QED) is 0.390. The number of alkyl halides is 3. The summed E-state index contributed by atoms with van der Waals surface area (Å²) in [5, 5.41) is 2.42. The number of halogens is 5. The number of hydrogen-bond donors (Lipinski definition) is 1. The van der Waals surface area contributed by atoms with E-state index in [4.69, 9.17) is 21.1 Å². The van der Waals surface area contributed by atoms with Crippen molar-refractivity contribution in [2.24, 2.45) is 0 Å². The number of hydrogen-bond acceptors (Lipinski definition) is 6. The van der Waals surface area contributed by atoms with Gasteiger partial charge in [-0.3, -0.25) is 0 Å². The van der Waals surface area contributed by atoms with Crippen LogP contribution in [0.3, 0.4) is 0 Å². The van der Waals surface area contributed by atoms with Gasteiger partial charge in [0.15, 0.2) is 11.5 Å². The molecule has 2 aromatic rings.